The number of carbonyl (C=O) groups excluding carboxylic acids is 1. The van der Waals surface area contributed by atoms with Gasteiger partial charge in [0.25, 0.3) is 5.91 Å². The molecule has 0 saturated carbocycles. The van der Waals surface area contributed by atoms with Crippen molar-refractivity contribution in [2.75, 3.05) is 51.5 Å². The molecule has 0 unspecified atom stereocenters. The Bertz CT molecular complexity index is 761. The molecule has 1 aromatic heterocycles. The number of nitrogens with zero attached hydrogens (tertiary/aromatic N) is 2. The number of rotatable bonds is 4. The summed E-state index contributed by atoms with van der Waals surface area (Å²) in [5.41, 5.74) is 1.41. The maximum Gasteiger partial charge on any atom is 0.253 e. The largest absolute Gasteiger partial charge is 0.497 e. The first-order valence-corrected chi connectivity index (χ1v) is 9.07. The Balaban J connectivity index is 1.49. The van der Waals surface area contributed by atoms with E-state index in [2.05, 4.69) is 17.0 Å². The fourth-order valence-electron chi connectivity index (χ4n) is 3.65. The molecular weight excluding hydrogens is 348 g/mol. The lowest BCUT2D eigenvalue weighted by Gasteiger charge is -2.42. The summed E-state index contributed by atoms with van der Waals surface area (Å²) >= 11 is 0. The van der Waals surface area contributed by atoms with E-state index in [-0.39, 0.29) is 12.5 Å². The van der Waals surface area contributed by atoms with Crippen molar-refractivity contribution in [1.29, 1.82) is 0 Å². The van der Waals surface area contributed by atoms with Crippen molar-refractivity contribution in [3.8, 4) is 5.75 Å². The average molecular weight is 372 g/mol. The molecule has 1 amide bonds. The molecule has 1 spiro atoms. The highest BCUT2D eigenvalue weighted by atomic mass is 16.6. The molecule has 4 rings (SSSR count). The van der Waals surface area contributed by atoms with Crippen LogP contribution < -0.4 is 9.64 Å². The Hall–Kier alpha value is -2.35. The van der Waals surface area contributed by atoms with E-state index in [1.165, 1.54) is 5.56 Å². The van der Waals surface area contributed by atoms with Gasteiger partial charge in [0.15, 0.2) is 0 Å². The molecule has 7 nitrogen and oxygen atoms in total. The number of benzene rings is 1. The molecule has 1 atom stereocenters. The zero-order chi connectivity index (χ0) is 18.7. The van der Waals surface area contributed by atoms with Crippen LogP contribution in [-0.2, 0) is 20.8 Å². The molecular formula is C20H24N2O5. The van der Waals surface area contributed by atoms with Gasteiger partial charge in [0.2, 0.25) is 0 Å². The molecule has 0 N–H and O–H groups in total. The van der Waals surface area contributed by atoms with Crippen molar-refractivity contribution in [2.45, 2.75) is 12.1 Å². The summed E-state index contributed by atoms with van der Waals surface area (Å²) < 4.78 is 22.2. The number of morpholine rings is 1. The molecule has 3 heterocycles. The zero-order valence-corrected chi connectivity index (χ0v) is 15.4. The van der Waals surface area contributed by atoms with Crippen LogP contribution in [0.25, 0.3) is 0 Å². The molecule has 144 valence electrons. The van der Waals surface area contributed by atoms with Gasteiger partial charge < -0.3 is 23.5 Å². The molecule has 2 aliphatic heterocycles. The van der Waals surface area contributed by atoms with Gasteiger partial charge in [0, 0.05) is 25.7 Å². The van der Waals surface area contributed by atoms with Crippen LogP contribution in [0, 0.1) is 0 Å². The van der Waals surface area contributed by atoms with Gasteiger partial charge in [0.1, 0.15) is 24.2 Å². The van der Waals surface area contributed by atoms with Gasteiger partial charge in [-0.15, -0.1) is 0 Å². The first-order valence-electron chi connectivity index (χ1n) is 9.07. The number of hydrogen-bond donors (Lipinski definition) is 0. The Morgan fingerprint density at radius 3 is 2.78 bits per heavy atom. The molecule has 0 bridgehead atoms. The van der Waals surface area contributed by atoms with Crippen LogP contribution in [0.2, 0.25) is 0 Å². The molecule has 2 aliphatic rings. The Morgan fingerprint density at radius 2 is 2.04 bits per heavy atom. The van der Waals surface area contributed by atoms with Gasteiger partial charge in [-0.05, 0) is 17.7 Å². The van der Waals surface area contributed by atoms with Crippen molar-refractivity contribution in [3.05, 3.63) is 48.4 Å². The lowest BCUT2D eigenvalue weighted by Crippen LogP contribution is -2.60. The minimum atomic E-state index is -0.547. The number of anilines is 1. The fraction of sp³-hybridized carbons (Fsp3) is 0.450. The molecule has 27 heavy (non-hydrogen) atoms. The highest BCUT2D eigenvalue weighted by Crippen LogP contribution is 2.28. The van der Waals surface area contributed by atoms with Crippen molar-refractivity contribution in [1.82, 2.24) is 4.90 Å². The summed E-state index contributed by atoms with van der Waals surface area (Å²) in [7, 11) is 1.67. The number of amides is 1. The minimum Gasteiger partial charge on any atom is -0.497 e. The topological polar surface area (TPSA) is 64.4 Å². The first-order chi connectivity index (χ1) is 13.2. The van der Waals surface area contributed by atoms with Gasteiger partial charge in [0.05, 0.1) is 38.8 Å². The van der Waals surface area contributed by atoms with E-state index in [0.717, 1.165) is 24.5 Å². The van der Waals surface area contributed by atoms with Crippen LogP contribution in [0.1, 0.15) is 5.56 Å². The van der Waals surface area contributed by atoms with Crippen LogP contribution in [0.15, 0.2) is 47.3 Å². The number of ether oxygens (including phenoxy) is 3. The standard InChI is InChI=1S/C20H24N2O5/c1-24-18-4-2-16(3-5-18)10-21-7-9-26-15-20(13-21)14-22(19(23)12-27-20)17-6-8-25-11-17/h2-6,8,11H,7,9-10,12-15H2,1H3/t20-/m1/s1. The average Bonchev–Trinajstić information content (AvgIpc) is 3.15. The quantitative estimate of drug-likeness (QED) is 0.817. The van der Waals surface area contributed by atoms with Gasteiger partial charge >= 0.3 is 0 Å². The van der Waals surface area contributed by atoms with Crippen molar-refractivity contribution in [2.24, 2.45) is 0 Å². The smallest absolute Gasteiger partial charge is 0.253 e. The summed E-state index contributed by atoms with van der Waals surface area (Å²) in [6, 6.07) is 9.87. The van der Waals surface area contributed by atoms with Crippen LogP contribution in [0.3, 0.4) is 0 Å². The van der Waals surface area contributed by atoms with Gasteiger partial charge in [-0.25, -0.2) is 0 Å². The SMILES string of the molecule is COc1ccc(CN2CCOC[C@@]3(C2)CN(c2ccoc2)C(=O)CO3)cc1. The minimum absolute atomic E-state index is 0.0465. The molecule has 2 saturated heterocycles. The third kappa shape index (κ3) is 4.00. The summed E-state index contributed by atoms with van der Waals surface area (Å²) in [5.74, 6) is 0.785. The Kier molecular flexibility index (Phi) is 5.15. The Labute approximate surface area is 158 Å². The summed E-state index contributed by atoms with van der Waals surface area (Å²) in [6.07, 6.45) is 3.16. The maximum absolute atomic E-state index is 12.3. The van der Waals surface area contributed by atoms with Gasteiger partial charge in [-0.2, -0.15) is 0 Å². The maximum atomic E-state index is 12.3. The molecule has 7 heteroatoms. The van der Waals surface area contributed by atoms with E-state index >= 15 is 0 Å². The second kappa shape index (κ2) is 7.72. The van der Waals surface area contributed by atoms with Gasteiger partial charge in [-0.3, -0.25) is 9.69 Å². The van der Waals surface area contributed by atoms with Crippen LogP contribution in [0.4, 0.5) is 5.69 Å². The number of carbonyl (C=O) groups is 1. The zero-order valence-electron chi connectivity index (χ0n) is 15.4. The lowest BCUT2D eigenvalue weighted by molar-refractivity contribution is -0.146. The third-order valence-corrected chi connectivity index (χ3v) is 5.06. The van der Waals surface area contributed by atoms with Crippen molar-refractivity contribution >= 4 is 11.6 Å². The second-order valence-electron chi connectivity index (χ2n) is 7.04. The third-order valence-electron chi connectivity index (χ3n) is 5.06. The highest BCUT2D eigenvalue weighted by Gasteiger charge is 2.43. The van der Waals surface area contributed by atoms with E-state index in [1.807, 2.05) is 12.1 Å². The van der Waals surface area contributed by atoms with E-state index in [4.69, 9.17) is 18.6 Å². The Morgan fingerprint density at radius 1 is 1.19 bits per heavy atom. The molecule has 0 radical (unpaired) electrons. The van der Waals surface area contributed by atoms with Gasteiger partial charge in [-0.1, -0.05) is 12.1 Å². The van der Waals surface area contributed by atoms with Crippen LogP contribution in [0.5, 0.6) is 5.75 Å². The lowest BCUT2D eigenvalue weighted by atomic mass is 10.0. The molecule has 2 aromatic rings. The van der Waals surface area contributed by atoms with E-state index < -0.39 is 5.60 Å². The predicted octanol–water partition coefficient (Wildman–Crippen LogP) is 1.92. The summed E-state index contributed by atoms with van der Waals surface area (Å²) in [4.78, 5) is 16.4. The van der Waals surface area contributed by atoms with E-state index in [0.29, 0.717) is 26.3 Å². The number of furan rings is 1. The summed E-state index contributed by atoms with van der Waals surface area (Å²) in [5, 5.41) is 0. The van der Waals surface area contributed by atoms with Crippen LogP contribution >= 0.6 is 0 Å². The second-order valence-corrected chi connectivity index (χ2v) is 7.04. The molecule has 0 aliphatic carbocycles. The van der Waals surface area contributed by atoms with E-state index in [9.17, 15) is 4.79 Å². The first kappa shape index (κ1) is 18.0. The van der Waals surface area contributed by atoms with Crippen molar-refractivity contribution < 1.29 is 23.4 Å². The molecule has 2 fully saturated rings. The predicted molar refractivity (Wildman–Crippen MR) is 98.8 cm³/mol. The van der Waals surface area contributed by atoms with Crippen LogP contribution in [-0.4, -0.2) is 63.0 Å². The summed E-state index contributed by atoms with van der Waals surface area (Å²) in [6.45, 7) is 3.90. The fourth-order valence-corrected chi connectivity index (χ4v) is 3.65. The highest BCUT2D eigenvalue weighted by molar-refractivity contribution is 5.95. The molecule has 1 aromatic carbocycles. The number of methoxy groups -OCH3 is 1. The number of hydrogen-bond acceptors (Lipinski definition) is 6. The normalized spacial score (nSPS) is 24.2. The van der Waals surface area contributed by atoms with E-state index in [1.54, 1.807) is 30.6 Å². The van der Waals surface area contributed by atoms with Crippen molar-refractivity contribution in [3.63, 3.8) is 0 Å². The monoisotopic (exact) mass is 372 g/mol.